The maximum Gasteiger partial charge on any atom is 0.254 e. The molecule has 2 N–H and O–H groups in total. The van der Waals surface area contributed by atoms with Crippen LogP contribution in [-0.2, 0) is 10.0 Å². The smallest absolute Gasteiger partial charge is 0.254 e. The summed E-state index contributed by atoms with van der Waals surface area (Å²) in [6.45, 7) is 3.74. The Morgan fingerprint density at radius 2 is 1.38 bits per heavy atom. The quantitative estimate of drug-likeness (QED) is 0.155. The molecule has 65 heavy (non-hydrogen) atoms. The lowest BCUT2D eigenvalue weighted by Crippen LogP contribution is -2.49. The van der Waals surface area contributed by atoms with Crippen molar-refractivity contribution in [2.24, 2.45) is 0 Å². The van der Waals surface area contributed by atoms with Crippen molar-refractivity contribution in [2.75, 3.05) is 87.0 Å². The molecule has 2 saturated carbocycles. The minimum atomic E-state index is -3.76. The fourth-order valence-electron chi connectivity index (χ4n) is 7.69. The fraction of sp³-hybridized carbons (Fsp3) is 0.356. The molecular weight excluding hydrogens is 875 g/mol. The molecule has 2 aliphatic heterocycles. The van der Waals surface area contributed by atoms with Gasteiger partial charge in [-0.3, -0.25) is 9.78 Å². The molecule has 4 aliphatic rings. The molecule has 2 saturated heterocycles. The Bertz CT molecular complexity index is 2920. The molecule has 0 spiro atoms. The molecule has 3 aromatic carbocycles. The van der Waals surface area contributed by atoms with E-state index in [2.05, 4.69) is 26.6 Å². The average Bonchev–Trinajstić information content (AvgIpc) is 4.30. The lowest BCUT2D eigenvalue weighted by Gasteiger charge is -2.36. The van der Waals surface area contributed by atoms with E-state index in [9.17, 15) is 22.9 Å². The van der Waals surface area contributed by atoms with Crippen molar-refractivity contribution in [3.63, 3.8) is 0 Å². The predicted molar refractivity (Wildman–Crippen MR) is 245 cm³/mol. The molecule has 0 bridgehead atoms. The number of nitrogens with zero attached hydrogens (tertiary/aromatic N) is 10. The van der Waals surface area contributed by atoms with E-state index < -0.39 is 15.8 Å². The van der Waals surface area contributed by atoms with Crippen molar-refractivity contribution in [3.8, 4) is 17.6 Å². The number of fused-ring (bicyclic) bond motifs is 2. The molecule has 17 nitrogen and oxygen atoms in total. The maximum absolute atomic E-state index is 13.7. The first kappa shape index (κ1) is 43.6. The highest BCUT2D eigenvalue weighted by atomic mass is 35.5. The lowest BCUT2D eigenvalue weighted by atomic mass is 10.1. The van der Waals surface area contributed by atoms with Gasteiger partial charge in [0.1, 0.15) is 27.7 Å². The molecule has 20 heteroatoms. The highest BCUT2D eigenvalue weighted by Crippen LogP contribution is 2.35. The van der Waals surface area contributed by atoms with Crippen LogP contribution in [0.2, 0.25) is 5.02 Å². The van der Waals surface area contributed by atoms with Gasteiger partial charge < -0.3 is 34.8 Å². The van der Waals surface area contributed by atoms with E-state index in [0.29, 0.717) is 104 Å². The van der Waals surface area contributed by atoms with Gasteiger partial charge in [0.2, 0.25) is 10.0 Å². The first-order valence-electron chi connectivity index (χ1n) is 21.3. The molecule has 6 aromatic rings. The number of carbonyl (C=O) groups excluding carboxylic acids is 1. The first-order chi connectivity index (χ1) is 31.5. The summed E-state index contributed by atoms with van der Waals surface area (Å²) in [5, 5.41) is 16.2. The van der Waals surface area contributed by atoms with E-state index in [1.165, 1.54) is 36.7 Å². The monoisotopic (exact) mass is 920 g/mol. The van der Waals surface area contributed by atoms with Gasteiger partial charge in [0, 0.05) is 82.3 Å². The number of halogens is 2. The van der Waals surface area contributed by atoms with Crippen molar-refractivity contribution in [2.45, 2.75) is 42.7 Å². The molecule has 4 fully saturated rings. The molecule has 5 heterocycles. The molecule has 2 aliphatic carbocycles. The number of anilines is 4. The number of methoxy groups -OCH3 is 2. The summed E-state index contributed by atoms with van der Waals surface area (Å²) < 4.78 is 52.5. The Morgan fingerprint density at radius 1 is 0.754 bits per heavy atom. The van der Waals surface area contributed by atoms with Crippen LogP contribution in [-0.4, -0.2) is 127 Å². The Balaban J connectivity index is 0.000000166. The van der Waals surface area contributed by atoms with E-state index in [0.717, 1.165) is 48.4 Å². The van der Waals surface area contributed by atoms with Crippen LogP contribution in [0.4, 0.5) is 27.7 Å². The Morgan fingerprint density at radius 3 is 1.98 bits per heavy atom. The number of pyridine rings is 1. The van der Waals surface area contributed by atoms with Crippen molar-refractivity contribution in [3.05, 3.63) is 95.0 Å². The zero-order chi connectivity index (χ0) is 45.2. The number of ether oxygens (including phenoxy) is 2. The molecule has 1 amide bonds. The van der Waals surface area contributed by atoms with Gasteiger partial charge in [-0.15, -0.1) is 0 Å². The minimum absolute atomic E-state index is 0.0106. The lowest BCUT2D eigenvalue weighted by molar-refractivity contribution is 0.0746. The van der Waals surface area contributed by atoms with E-state index in [1.807, 2.05) is 11.0 Å². The van der Waals surface area contributed by atoms with Gasteiger partial charge in [-0.25, -0.2) is 32.7 Å². The highest BCUT2D eigenvalue weighted by Gasteiger charge is 2.34. The number of benzene rings is 3. The van der Waals surface area contributed by atoms with Gasteiger partial charge in [-0.05, 0) is 80.3 Å². The van der Waals surface area contributed by atoms with Crippen molar-refractivity contribution < 1.29 is 27.1 Å². The first-order valence-corrected chi connectivity index (χ1v) is 23.2. The van der Waals surface area contributed by atoms with Crippen LogP contribution < -0.4 is 29.9 Å². The van der Waals surface area contributed by atoms with Crippen LogP contribution in [0.3, 0.4) is 0 Å². The number of sulfonamides is 1. The molecule has 10 rings (SSSR count). The van der Waals surface area contributed by atoms with Crippen LogP contribution in [0.25, 0.3) is 22.1 Å². The number of aromatic nitrogens is 5. The van der Waals surface area contributed by atoms with Crippen molar-refractivity contribution in [1.82, 2.24) is 34.1 Å². The second-order valence-electron chi connectivity index (χ2n) is 16.1. The van der Waals surface area contributed by atoms with E-state index in [4.69, 9.17) is 41.0 Å². The molecule has 0 atom stereocenters. The summed E-state index contributed by atoms with van der Waals surface area (Å²) in [6, 6.07) is 18.9. The molecule has 3 aromatic heterocycles. The Kier molecular flexibility index (Phi) is 12.4. The van der Waals surface area contributed by atoms with E-state index >= 15 is 0 Å². The van der Waals surface area contributed by atoms with Crippen LogP contribution in [0.1, 0.15) is 41.6 Å². The summed E-state index contributed by atoms with van der Waals surface area (Å²) >= 11 is 5.72. The SMILES string of the molecule is COc1ccc(S(=O)(=O)N2CCN(c3nc4cc(C#N)ccc4nc3NC3CC3)CC2)c(OC)c1.O=C(c1ccc(Cl)c(F)c1)N1CCN(c2nc3cnccc3nc2NC2CC2)CC1. The van der Waals surface area contributed by atoms with E-state index in [1.54, 1.807) is 53.7 Å². The van der Waals surface area contributed by atoms with Crippen LogP contribution in [0.5, 0.6) is 11.5 Å². The zero-order valence-corrected chi connectivity index (χ0v) is 37.3. The van der Waals surface area contributed by atoms with Crippen molar-refractivity contribution in [1.29, 1.82) is 5.26 Å². The molecular formula is C45H46ClFN12O5S. The second kappa shape index (κ2) is 18.5. The van der Waals surface area contributed by atoms with Gasteiger partial charge in [-0.2, -0.15) is 9.57 Å². The minimum Gasteiger partial charge on any atom is -0.497 e. The summed E-state index contributed by atoms with van der Waals surface area (Å²) in [5.41, 5.74) is 3.71. The van der Waals surface area contributed by atoms with Gasteiger partial charge in [0.25, 0.3) is 5.91 Å². The predicted octanol–water partition coefficient (Wildman–Crippen LogP) is 5.96. The van der Waals surface area contributed by atoms with Gasteiger partial charge in [-0.1, -0.05) is 11.6 Å². The number of piperazine rings is 2. The summed E-state index contributed by atoms with van der Waals surface area (Å²) in [7, 11) is -0.800. The number of hydrogen-bond acceptors (Lipinski definition) is 15. The van der Waals surface area contributed by atoms with Crippen LogP contribution >= 0.6 is 11.6 Å². The third-order valence-corrected chi connectivity index (χ3v) is 13.9. The second-order valence-corrected chi connectivity index (χ2v) is 18.4. The fourth-order valence-corrected chi connectivity index (χ4v) is 9.36. The van der Waals surface area contributed by atoms with Gasteiger partial charge >= 0.3 is 0 Å². The third kappa shape index (κ3) is 9.60. The van der Waals surface area contributed by atoms with Gasteiger partial charge in [0.15, 0.2) is 23.3 Å². The van der Waals surface area contributed by atoms with Crippen LogP contribution in [0, 0.1) is 17.1 Å². The third-order valence-electron chi connectivity index (χ3n) is 11.6. The number of carbonyl (C=O) groups is 1. The maximum atomic E-state index is 13.7. The summed E-state index contributed by atoms with van der Waals surface area (Å²) in [6.07, 6.45) is 7.86. The number of amides is 1. The van der Waals surface area contributed by atoms with Crippen molar-refractivity contribution >= 4 is 72.9 Å². The molecule has 336 valence electrons. The normalized spacial score (nSPS) is 16.7. The Labute approximate surface area is 380 Å². The summed E-state index contributed by atoms with van der Waals surface area (Å²) in [4.78, 5) is 42.1. The largest absolute Gasteiger partial charge is 0.497 e. The summed E-state index contributed by atoms with van der Waals surface area (Å²) in [5.74, 6) is 2.92. The number of rotatable bonds is 11. The van der Waals surface area contributed by atoms with Gasteiger partial charge in [0.05, 0.1) is 53.6 Å². The number of nitrogens with one attached hydrogen (secondary N) is 2. The van der Waals surface area contributed by atoms with Crippen LogP contribution in [0.15, 0.2) is 78.0 Å². The topological polar surface area (TPSA) is 195 Å². The Hall–Kier alpha value is -6.62. The highest BCUT2D eigenvalue weighted by molar-refractivity contribution is 7.89. The molecule has 0 unspecified atom stereocenters. The number of hydrogen-bond donors (Lipinski definition) is 2. The zero-order valence-electron chi connectivity index (χ0n) is 35.7. The standard InChI is InChI=1S/C24H26N6O4S.C21H20ClFN6O/c1-33-18-6-8-22(21(14-18)34-2)35(31,32)30-11-9-29(10-12-30)24-23(26-17-4-5-17)27-19-7-3-16(15-25)13-20(19)28-24;22-15-4-1-13(11-16(15)23)21(30)29-9-7-28(8-10-29)20-19(25-14-2-3-14)26-17-5-6-24-12-18(17)27-20/h3,6-8,13-14,17H,4-5,9-12H2,1-2H3,(H,26,27);1,4-6,11-12,14H,2-3,7-10H2,(H,25,26). The molecule has 0 radical (unpaired) electrons. The average molecular weight is 921 g/mol. The number of nitriles is 1. The van der Waals surface area contributed by atoms with E-state index in [-0.39, 0.29) is 21.6 Å².